The van der Waals surface area contributed by atoms with Crippen molar-refractivity contribution >= 4 is 17.3 Å². The first kappa shape index (κ1) is 21.9. The molecular weight excluding hydrogens is 380 g/mol. The predicted molar refractivity (Wildman–Crippen MR) is 121 cm³/mol. The first-order chi connectivity index (χ1) is 14.2. The number of aryl methyl sites for hydroxylation is 2. The van der Waals surface area contributed by atoms with Crippen LogP contribution in [0.5, 0.6) is 5.75 Å². The first-order valence-corrected chi connectivity index (χ1v) is 11.2. The Morgan fingerprint density at radius 1 is 0.862 bits per heavy atom. The Bertz CT molecular complexity index is 747. The van der Waals surface area contributed by atoms with E-state index >= 15 is 0 Å². The van der Waals surface area contributed by atoms with E-state index in [0.29, 0.717) is 18.3 Å². The number of ether oxygens (including phenoxy) is 3. The van der Waals surface area contributed by atoms with Gasteiger partial charge in [0.1, 0.15) is 5.75 Å². The van der Waals surface area contributed by atoms with E-state index in [9.17, 15) is 0 Å². The Balaban J connectivity index is 1.46. The van der Waals surface area contributed by atoms with Crippen LogP contribution in [0.3, 0.4) is 0 Å². The molecule has 1 heterocycles. The van der Waals surface area contributed by atoms with E-state index in [2.05, 4.69) is 50.2 Å². The maximum Gasteiger partial charge on any atom is 0.183 e. The molecule has 3 nitrogen and oxygen atoms in total. The van der Waals surface area contributed by atoms with Gasteiger partial charge in [-0.25, -0.2) is 0 Å². The number of unbranched alkanes of at least 4 members (excludes halogenated alkanes) is 2. The molecule has 1 aliphatic rings. The fraction of sp³-hybridized carbons (Fsp3) is 0.480. The van der Waals surface area contributed by atoms with Gasteiger partial charge in [-0.15, -0.1) is 0 Å². The molecule has 0 spiro atoms. The zero-order chi connectivity index (χ0) is 20.5. The third-order valence-corrected chi connectivity index (χ3v) is 5.68. The molecule has 0 radical (unpaired) electrons. The van der Waals surface area contributed by atoms with Gasteiger partial charge in [0.05, 0.1) is 19.1 Å². The highest BCUT2D eigenvalue weighted by molar-refractivity contribution is 7.80. The topological polar surface area (TPSA) is 27.7 Å². The summed E-state index contributed by atoms with van der Waals surface area (Å²) in [6.07, 6.45) is 6.74. The highest BCUT2D eigenvalue weighted by Crippen LogP contribution is 2.27. The molecule has 2 aromatic rings. The zero-order valence-electron chi connectivity index (χ0n) is 17.6. The minimum absolute atomic E-state index is 0.0372. The lowest BCUT2D eigenvalue weighted by atomic mass is 10.1. The van der Waals surface area contributed by atoms with Crippen molar-refractivity contribution in [2.45, 2.75) is 58.7 Å². The van der Waals surface area contributed by atoms with Crippen molar-refractivity contribution in [3.8, 4) is 5.75 Å². The van der Waals surface area contributed by atoms with Crippen LogP contribution in [0.4, 0.5) is 0 Å². The van der Waals surface area contributed by atoms with Gasteiger partial charge in [-0.05, 0) is 61.2 Å². The van der Waals surface area contributed by atoms with Gasteiger partial charge in [-0.1, -0.05) is 63.1 Å². The van der Waals surface area contributed by atoms with Crippen LogP contribution in [0.15, 0.2) is 48.5 Å². The third kappa shape index (κ3) is 6.63. The maximum atomic E-state index is 5.93. The minimum Gasteiger partial charge on any atom is -0.450 e. The lowest BCUT2D eigenvalue weighted by Gasteiger charge is -2.29. The van der Waals surface area contributed by atoms with Crippen LogP contribution < -0.4 is 4.74 Å². The molecule has 1 fully saturated rings. The largest absolute Gasteiger partial charge is 0.450 e. The number of benzene rings is 2. The van der Waals surface area contributed by atoms with Crippen LogP contribution in [0.2, 0.25) is 0 Å². The summed E-state index contributed by atoms with van der Waals surface area (Å²) in [6.45, 7) is 5.44. The Labute approximate surface area is 180 Å². The minimum atomic E-state index is -0.327. The van der Waals surface area contributed by atoms with Crippen LogP contribution in [0.25, 0.3) is 0 Å². The van der Waals surface area contributed by atoms with E-state index in [1.54, 1.807) is 0 Å². The number of rotatable bonds is 9. The average molecular weight is 413 g/mol. The fourth-order valence-corrected chi connectivity index (χ4v) is 3.59. The highest BCUT2D eigenvalue weighted by atomic mass is 32.1. The second-order valence-corrected chi connectivity index (χ2v) is 8.11. The van der Waals surface area contributed by atoms with Crippen molar-refractivity contribution in [2.75, 3.05) is 13.2 Å². The van der Waals surface area contributed by atoms with Crippen molar-refractivity contribution in [1.82, 2.24) is 0 Å². The molecule has 0 N–H and O–H groups in total. The standard InChI is InChI=1S/C25H32O3S/c1-3-5-7-19-9-13-21(14-10-19)24-26-17-22(18-27-24)25(29)28-23-15-11-20(12-16-23)8-6-4-2/h9-16,22,24H,3-8,17-18H2,1-2H3. The molecule has 0 aromatic heterocycles. The zero-order valence-corrected chi connectivity index (χ0v) is 18.4. The van der Waals surface area contributed by atoms with Crippen molar-refractivity contribution in [3.05, 3.63) is 65.2 Å². The van der Waals surface area contributed by atoms with E-state index < -0.39 is 0 Å². The molecule has 156 valence electrons. The van der Waals surface area contributed by atoms with Crippen LogP contribution in [-0.2, 0) is 22.3 Å². The van der Waals surface area contributed by atoms with Gasteiger partial charge < -0.3 is 14.2 Å². The van der Waals surface area contributed by atoms with Crippen molar-refractivity contribution in [1.29, 1.82) is 0 Å². The molecule has 3 rings (SSSR count). The molecule has 0 bridgehead atoms. The van der Waals surface area contributed by atoms with Gasteiger partial charge in [-0.2, -0.15) is 0 Å². The summed E-state index contributed by atoms with van der Waals surface area (Å²) in [5.41, 5.74) is 3.75. The highest BCUT2D eigenvalue weighted by Gasteiger charge is 2.27. The van der Waals surface area contributed by atoms with E-state index in [1.807, 2.05) is 12.1 Å². The Morgan fingerprint density at radius 2 is 1.38 bits per heavy atom. The van der Waals surface area contributed by atoms with Gasteiger partial charge in [0, 0.05) is 5.56 Å². The summed E-state index contributed by atoms with van der Waals surface area (Å²) in [4.78, 5) is 0. The Hall–Kier alpha value is -1.75. The molecular formula is C25H32O3S. The number of hydrogen-bond donors (Lipinski definition) is 0. The monoisotopic (exact) mass is 412 g/mol. The maximum absolute atomic E-state index is 5.93. The van der Waals surface area contributed by atoms with Crippen LogP contribution in [0.1, 0.15) is 62.5 Å². The molecule has 2 aromatic carbocycles. The summed E-state index contributed by atoms with van der Waals surface area (Å²) in [6, 6.07) is 16.7. The summed E-state index contributed by atoms with van der Waals surface area (Å²) >= 11 is 5.49. The summed E-state index contributed by atoms with van der Waals surface area (Å²) in [5, 5.41) is 0.527. The molecule has 0 aliphatic carbocycles. The van der Waals surface area contributed by atoms with E-state index in [4.69, 9.17) is 26.4 Å². The van der Waals surface area contributed by atoms with Gasteiger partial charge in [0.15, 0.2) is 11.3 Å². The normalized spacial score (nSPS) is 19.1. The average Bonchev–Trinajstić information content (AvgIpc) is 2.77. The van der Waals surface area contributed by atoms with Crippen LogP contribution >= 0.6 is 12.2 Å². The molecule has 4 heteroatoms. The van der Waals surface area contributed by atoms with E-state index in [-0.39, 0.29) is 12.2 Å². The van der Waals surface area contributed by atoms with E-state index in [0.717, 1.165) is 24.2 Å². The van der Waals surface area contributed by atoms with Gasteiger partial charge in [0.2, 0.25) is 0 Å². The first-order valence-electron chi connectivity index (χ1n) is 10.8. The van der Waals surface area contributed by atoms with Crippen molar-refractivity contribution in [2.24, 2.45) is 5.92 Å². The molecule has 0 unspecified atom stereocenters. The Kier molecular flexibility index (Phi) is 8.66. The molecule has 0 saturated carbocycles. The number of thiocarbonyl (C=S) groups is 1. The number of hydrogen-bond acceptors (Lipinski definition) is 4. The second kappa shape index (κ2) is 11.4. The summed E-state index contributed by atoms with van der Waals surface area (Å²) < 4.78 is 17.7. The molecule has 0 amide bonds. The fourth-order valence-electron chi connectivity index (χ4n) is 3.36. The van der Waals surface area contributed by atoms with Gasteiger partial charge in [0.25, 0.3) is 0 Å². The lowest BCUT2D eigenvalue weighted by Crippen LogP contribution is -2.34. The second-order valence-electron chi connectivity index (χ2n) is 7.71. The van der Waals surface area contributed by atoms with Gasteiger partial charge in [-0.3, -0.25) is 0 Å². The summed E-state index contributed by atoms with van der Waals surface area (Å²) in [7, 11) is 0. The van der Waals surface area contributed by atoms with Crippen LogP contribution in [-0.4, -0.2) is 18.3 Å². The molecule has 29 heavy (non-hydrogen) atoms. The summed E-state index contributed by atoms with van der Waals surface area (Å²) in [5.74, 6) is 0.741. The smallest absolute Gasteiger partial charge is 0.183 e. The molecule has 0 atom stereocenters. The van der Waals surface area contributed by atoms with Crippen molar-refractivity contribution < 1.29 is 14.2 Å². The SMILES string of the molecule is CCCCc1ccc(OC(=S)C2COC(c3ccc(CCCC)cc3)OC2)cc1. The quantitative estimate of drug-likeness (QED) is 0.443. The predicted octanol–water partition coefficient (Wildman–Crippen LogP) is 6.44. The van der Waals surface area contributed by atoms with E-state index in [1.165, 1.54) is 36.8 Å². The van der Waals surface area contributed by atoms with Gasteiger partial charge >= 0.3 is 0 Å². The Morgan fingerprint density at radius 3 is 1.90 bits per heavy atom. The third-order valence-electron chi connectivity index (χ3n) is 5.26. The lowest BCUT2D eigenvalue weighted by molar-refractivity contribution is -0.195. The molecule has 1 aliphatic heterocycles. The van der Waals surface area contributed by atoms with Crippen molar-refractivity contribution in [3.63, 3.8) is 0 Å². The molecule has 1 saturated heterocycles. The van der Waals surface area contributed by atoms with Crippen LogP contribution in [0, 0.1) is 5.92 Å².